The average Bonchev–Trinajstić information content (AvgIpc) is 2.52. The minimum atomic E-state index is -6.93. The molecule has 0 saturated carbocycles. The van der Waals surface area contributed by atoms with Crippen LogP contribution in [0.4, 0.5) is 26.3 Å². The maximum absolute atomic E-state index is 13.1. The largest absolute Gasteiger partial charge is 0.513 e. The van der Waals surface area contributed by atoms with Gasteiger partial charge in [0.25, 0.3) is 0 Å². The normalized spacial score (nSPS) is 14.8. The second kappa shape index (κ2) is 8.80. The molecule has 0 unspecified atom stereocenters. The van der Waals surface area contributed by atoms with E-state index in [1.165, 1.54) is 18.2 Å². The quantitative estimate of drug-likeness (QED) is 0.273. The van der Waals surface area contributed by atoms with Crippen LogP contribution in [0.3, 0.4) is 0 Å². The summed E-state index contributed by atoms with van der Waals surface area (Å²) < 4.78 is 130. The Morgan fingerprint density at radius 3 is 1.79 bits per heavy atom. The third-order valence-corrected chi connectivity index (χ3v) is 12.5. The van der Waals surface area contributed by atoms with E-state index in [-0.39, 0.29) is 12.4 Å². The van der Waals surface area contributed by atoms with Crippen LogP contribution in [-0.2, 0) is 20.0 Å². The Morgan fingerprint density at radius 1 is 0.931 bits per heavy atom. The Morgan fingerprint density at radius 2 is 1.38 bits per heavy atom. The highest BCUT2D eigenvalue weighted by atomic mass is 79.9. The van der Waals surface area contributed by atoms with E-state index in [4.69, 9.17) is 4.74 Å². The van der Waals surface area contributed by atoms with Crippen molar-refractivity contribution in [1.82, 2.24) is 3.12 Å². The van der Waals surface area contributed by atoms with Crippen LogP contribution in [0.1, 0.15) is 6.42 Å². The highest BCUT2D eigenvalue weighted by Gasteiger charge is 2.65. The van der Waals surface area contributed by atoms with E-state index in [0.29, 0.717) is 24.3 Å². The fraction of sp³-hybridized carbons (Fsp3) is 0.538. The van der Waals surface area contributed by atoms with Gasteiger partial charge in [-0.3, -0.25) is 0 Å². The summed E-state index contributed by atoms with van der Waals surface area (Å²) in [6.45, 7) is -0.00414. The molecule has 0 aliphatic carbocycles. The summed E-state index contributed by atoms with van der Waals surface area (Å²) >= 11 is 3.11. The molecule has 0 heterocycles. The number of rotatable bonds is 8. The Balaban J connectivity index is 3.80. The van der Waals surface area contributed by atoms with E-state index < -0.39 is 49.3 Å². The molecule has 0 aliphatic rings. The van der Waals surface area contributed by atoms with Crippen molar-refractivity contribution in [2.24, 2.45) is 0 Å². The summed E-state index contributed by atoms with van der Waals surface area (Å²) in [5, 5.41) is 0.475. The number of hydrogen-bond acceptors (Lipinski definition) is 5. The van der Waals surface area contributed by atoms with Crippen molar-refractivity contribution in [2.75, 3.05) is 24.4 Å². The molecule has 0 bridgehead atoms. The van der Waals surface area contributed by atoms with Gasteiger partial charge in [-0.15, -0.1) is 10.2 Å². The van der Waals surface area contributed by atoms with E-state index >= 15 is 0 Å². The SMILES string of the molecule is CS(C)(c1ccccc1OCCCBr)N(S(=O)(=O)C(F)(F)F)S(=O)(=O)C(F)(F)F. The Labute approximate surface area is 173 Å². The Hall–Kier alpha value is -0.710. The molecule has 170 valence electrons. The second-order valence-electron chi connectivity index (χ2n) is 5.68. The monoisotopic (exact) mass is 555 g/mol. The lowest BCUT2D eigenvalue weighted by Crippen LogP contribution is -2.49. The van der Waals surface area contributed by atoms with Crippen molar-refractivity contribution >= 4 is 46.2 Å². The third kappa shape index (κ3) is 5.32. The summed E-state index contributed by atoms with van der Waals surface area (Å²) in [6.07, 6.45) is 1.79. The smallest absolute Gasteiger partial charge is 0.492 e. The van der Waals surface area contributed by atoms with Crippen molar-refractivity contribution in [2.45, 2.75) is 22.3 Å². The molecule has 0 aliphatic heterocycles. The number of ether oxygens (including phenoxy) is 1. The molecule has 0 atom stereocenters. The molecule has 0 N–H and O–H groups in total. The minimum Gasteiger partial charge on any atom is -0.492 e. The zero-order chi connectivity index (χ0) is 22.9. The van der Waals surface area contributed by atoms with Crippen molar-refractivity contribution in [3.8, 4) is 5.75 Å². The van der Waals surface area contributed by atoms with Gasteiger partial charge in [-0.2, -0.15) is 26.3 Å². The van der Waals surface area contributed by atoms with Crippen LogP contribution in [0.2, 0.25) is 0 Å². The summed E-state index contributed by atoms with van der Waals surface area (Å²) in [6, 6.07) is 4.77. The van der Waals surface area contributed by atoms with E-state index in [1.807, 2.05) is 0 Å². The highest BCUT2D eigenvalue weighted by Crippen LogP contribution is 2.61. The molecular formula is C13H16BrF6NO5S3. The van der Waals surface area contributed by atoms with Crippen LogP contribution in [0.15, 0.2) is 29.2 Å². The van der Waals surface area contributed by atoms with Crippen LogP contribution < -0.4 is 4.74 Å². The second-order valence-corrected chi connectivity index (χ2v) is 14.1. The molecular weight excluding hydrogens is 540 g/mol. The molecule has 0 spiro atoms. The van der Waals surface area contributed by atoms with Crippen LogP contribution in [-0.4, -0.2) is 55.4 Å². The average molecular weight is 556 g/mol. The predicted octanol–water partition coefficient (Wildman–Crippen LogP) is 4.19. The number of sulfonamides is 2. The van der Waals surface area contributed by atoms with Gasteiger partial charge in [-0.25, -0.2) is 16.8 Å². The van der Waals surface area contributed by atoms with Gasteiger partial charge >= 0.3 is 31.1 Å². The zero-order valence-corrected chi connectivity index (χ0v) is 18.8. The molecule has 1 rings (SSSR count). The first-order valence-electron chi connectivity index (χ1n) is 7.36. The molecule has 0 amide bonds. The minimum absolute atomic E-state index is 0.00414. The first kappa shape index (κ1) is 26.3. The maximum Gasteiger partial charge on any atom is 0.513 e. The molecule has 0 radical (unpaired) electrons. The fourth-order valence-corrected chi connectivity index (χ4v) is 10.3. The topological polar surface area (TPSA) is 80.8 Å². The van der Waals surface area contributed by atoms with E-state index in [0.717, 1.165) is 6.07 Å². The number of halogens is 7. The summed E-state index contributed by atoms with van der Waals surface area (Å²) in [5.74, 6) is -0.229. The number of benzene rings is 1. The number of alkyl halides is 7. The fourth-order valence-electron chi connectivity index (χ4n) is 2.09. The van der Waals surface area contributed by atoms with Crippen LogP contribution >= 0.6 is 26.1 Å². The van der Waals surface area contributed by atoms with Crippen LogP contribution in [0.25, 0.3) is 0 Å². The molecule has 0 aromatic heterocycles. The number of nitrogens with zero attached hydrogens (tertiary/aromatic N) is 1. The molecule has 1 aromatic carbocycles. The van der Waals surface area contributed by atoms with Crippen molar-refractivity contribution in [3.05, 3.63) is 24.3 Å². The summed E-state index contributed by atoms with van der Waals surface area (Å²) in [7, 11) is -17.8. The van der Waals surface area contributed by atoms with Gasteiger partial charge in [0.05, 0.1) is 6.61 Å². The van der Waals surface area contributed by atoms with E-state index in [1.54, 1.807) is 0 Å². The van der Waals surface area contributed by atoms with E-state index in [9.17, 15) is 43.2 Å². The Kier molecular flexibility index (Phi) is 7.99. The lowest BCUT2D eigenvalue weighted by molar-refractivity contribution is -0.0505. The first-order valence-corrected chi connectivity index (χ1v) is 13.8. The Bertz CT molecular complexity index is 887. The molecule has 0 saturated heterocycles. The maximum atomic E-state index is 13.1. The number of para-hydroxylation sites is 1. The molecule has 1 aromatic rings. The first-order chi connectivity index (χ1) is 12.9. The van der Waals surface area contributed by atoms with Gasteiger partial charge in [0, 0.05) is 10.2 Å². The molecule has 29 heavy (non-hydrogen) atoms. The lowest BCUT2D eigenvalue weighted by Gasteiger charge is -2.41. The standard InChI is InChI=1S/C13H16BrF6NO5S3/c1-27(2,11-7-4-3-6-10(11)26-9-5-8-14)21(28(22,23)12(15,16)17)29(24,25)13(18,19)20/h3-4,6-7H,5,8-9H2,1-2H3. The predicted molar refractivity (Wildman–Crippen MR) is 99.8 cm³/mol. The van der Waals surface area contributed by atoms with Crippen molar-refractivity contribution in [1.29, 1.82) is 0 Å². The molecule has 0 fully saturated rings. The van der Waals surface area contributed by atoms with Crippen molar-refractivity contribution < 1.29 is 47.9 Å². The van der Waals surface area contributed by atoms with Crippen LogP contribution in [0, 0.1) is 0 Å². The summed E-state index contributed by atoms with van der Waals surface area (Å²) in [5.41, 5.74) is -12.6. The zero-order valence-electron chi connectivity index (χ0n) is 14.8. The van der Waals surface area contributed by atoms with Gasteiger partial charge in [0.2, 0.25) is 0 Å². The summed E-state index contributed by atoms with van der Waals surface area (Å²) in [4.78, 5) is -0.421. The lowest BCUT2D eigenvalue weighted by atomic mass is 10.3. The van der Waals surface area contributed by atoms with Crippen molar-refractivity contribution in [3.63, 3.8) is 0 Å². The van der Waals surface area contributed by atoms with Crippen LogP contribution in [0.5, 0.6) is 5.75 Å². The molecule has 16 heteroatoms. The van der Waals surface area contributed by atoms with Gasteiger partial charge in [-0.05, 0) is 34.2 Å². The highest BCUT2D eigenvalue weighted by molar-refractivity contribution is 9.09. The third-order valence-electron chi connectivity index (χ3n) is 3.27. The van der Waals surface area contributed by atoms with Gasteiger partial charge in [-0.1, -0.05) is 28.1 Å². The van der Waals surface area contributed by atoms with Gasteiger partial charge in [0.1, 0.15) is 5.75 Å². The van der Waals surface area contributed by atoms with E-state index in [2.05, 4.69) is 15.9 Å². The van der Waals surface area contributed by atoms with Gasteiger partial charge in [0.15, 0.2) is 0 Å². The molecule has 6 nitrogen and oxygen atoms in total. The number of hydrogen-bond donors (Lipinski definition) is 0. The van der Waals surface area contributed by atoms with Gasteiger partial charge < -0.3 is 4.74 Å².